The van der Waals surface area contributed by atoms with Gasteiger partial charge in [0.25, 0.3) is 0 Å². The van der Waals surface area contributed by atoms with Crippen LogP contribution >= 0.6 is 0 Å². The van der Waals surface area contributed by atoms with Gasteiger partial charge in [0.2, 0.25) is 11.8 Å². The van der Waals surface area contributed by atoms with Crippen molar-refractivity contribution in [2.24, 2.45) is 0 Å². The van der Waals surface area contributed by atoms with Crippen LogP contribution in [0.5, 0.6) is 0 Å². The number of anilines is 2. The highest BCUT2D eigenvalue weighted by atomic mass is 16.2. The Kier molecular flexibility index (Phi) is 2.79. The molecular weight excluding hydrogens is 218 g/mol. The molecule has 1 aliphatic rings. The summed E-state index contributed by atoms with van der Waals surface area (Å²) in [7, 11) is 1.79. The second-order valence-corrected chi connectivity index (χ2v) is 3.73. The van der Waals surface area contributed by atoms with E-state index in [2.05, 4.69) is 5.32 Å². The molecule has 0 radical (unpaired) electrons. The SMILES string of the molecule is CNc1ccc2c(c1)CC(=O)N2C(=O)CC#N. The van der Waals surface area contributed by atoms with Gasteiger partial charge in [0.1, 0.15) is 6.42 Å². The van der Waals surface area contributed by atoms with Crippen LogP contribution < -0.4 is 10.2 Å². The molecule has 2 amide bonds. The van der Waals surface area contributed by atoms with Gasteiger partial charge in [-0.2, -0.15) is 5.26 Å². The van der Waals surface area contributed by atoms with Crippen molar-refractivity contribution in [2.75, 3.05) is 17.3 Å². The number of nitrogens with one attached hydrogen (secondary N) is 1. The van der Waals surface area contributed by atoms with E-state index in [1.807, 2.05) is 6.07 Å². The van der Waals surface area contributed by atoms with E-state index in [-0.39, 0.29) is 18.7 Å². The van der Waals surface area contributed by atoms with Gasteiger partial charge >= 0.3 is 0 Å². The number of imide groups is 1. The first-order chi connectivity index (χ1) is 8.17. The Labute approximate surface area is 98.6 Å². The second-order valence-electron chi connectivity index (χ2n) is 3.73. The van der Waals surface area contributed by atoms with Crippen LogP contribution in [0.3, 0.4) is 0 Å². The van der Waals surface area contributed by atoms with Crippen LogP contribution in [0.4, 0.5) is 11.4 Å². The van der Waals surface area contributed by atoms with Crippen molar-refractivity contribution < 1.29 is 9.59 Å². The van der Waals surface area contributed by atoms with E-state index >= 15 is 0 Å². The fraction of sp³-hybridized carbons (Fsp3) is 0.250. The lowest BCUT2D eigenvalue weighted by Crippen LogP contribution is -2.33. The number of fused-ring (bicyclic) bond motifs is 1. The lowest BCUT2D eigenvalue weighted by molar-refractivity contribution is -0.125. The van der Waals surface area contributed by atoms with Gasteiger partial charge in [-0.25, -0.2) is 4.90 Å². The number of nitrogens with zero attached hydrogens (tertiary/aromatic N) is 2. The molecule has 5 heteroatoms. The maximum atomic E-state index is 11.7. The van der Waals surface area contributed by atoms with Crippen molar-refractivity contribution >= 4 is 23.2 Å². The van der Waals surface area contributed by atoms with Crippen LogP contribution in [0, 0.1) is 11.3 Å². The molecule has 0 saturated carbocycles. The third kappa shape index (κ3) is 1.85. The van der Waals surface area contributed by atoms with Crippen LogP contribution in [0.1, 0.15) is 12.0 Å². The molecule has 0 fully saturated rings. The van der Waals surface area contributed by atoms with Crippen molar-refractivity contribution in [1.82, 2.24) is 0 Å². The molecule has 0 atom stereocenters. The van der Waals surface area contributed by atoms with Gasteiger partial charge in [0, 0.05) is 12.7 Å². The van der Waals surface area contributed by atoms with Gasteiger partial charge in [-0.05, 0) is 23.8 Å². The molecule has 0 aromatic heterocycles. The van der Waals surface area contributed by atoms with Crippen molar-refractivity contribution in [2.45, 2.75) is 12.8 Å². The van der Waals surface area contributed by atoms with E-state index in [1.54, 1.807) is 25.2 Å². The lowest BCUT2D eigenvalue weighted by Gasteiger charge is -2.13. The molecule has 5 nitrogen and oxygen atoms in total. The van der Waals surface area contributed by atoms with E-state index in [0.717, 1.165) is 16.2 Å². The minimum absolute atomic E-state index is 0.210. The van der Waals surface area contributed by atoms with E-state index in [9.17, 15) is 9.59 Å². The van der Waals surface area contributed by atoms with E-state index in [1.165, 1.54) is 0 Å². The highest BCUT2D eigenvalue weighted by Crippen LogP contribution is 2.31. The number of rotatable bonds is 2. The number of hydrogen-bond donors (Lipinski definition) is 1. The molecule has 0 saturated heterocycles. The van der Waals surface area contributed by atoms with Gasteiger partial charge in [0.05, 0.1) is 18.2 Å². The number of hydrogen-bond acceptors (Lipinski definition) is 4. The fourth-order valence-electron chi connectivity index (χ4n) is 1.90. The van der Waals surface area contributed by atoms with Crippen LogP contribution in [-0.2, 0) is 16.0 Å². The monoisotopic (exact) mass is 229 g/mol. The minimum atomic E-state index is -0.464. The Morgan fingerprint density at radius 3 is 3.00 bits per heavy atom. The van der Waals surface area contributed by atoms with Crippen LogP contribution in [0.25, 0.3) is 0 Å². The van der Waals surface area contributed by atoms with Gasteiger partial charge in [-0.15, -0.1) is 0 Å². The highest BCUT2D eigenvalue weighted by Gasteiger charge is 2.31. The summed E-state index contributed by atoms with van der Waals surface area (Å²) in [6.45, 7) is 0. The zero-order valence-electron chi connectivity index (χ0n) is 9.36. The van der Waals surface area contributed by atoms with Crippen LogP contribution in [-0.4, -0.2) is 18.9 Å². The molecule has 86 valence electrons. The third-order valence-electron chi connectivity index (χ3n) is 2.68. The van der Waals surface area contributed by atoms with Crippen molar-refractivity contribution in [3.63, 3.8) is 0 Å². The Morgan fingerprint density at radius 2 is 2.35 bits per heavy atom. The fourth-order valence-corrected chi connectivity index (χ4v) is 1.90. The van der Waals surface area contributed by atoms with Gasteiger partial charge in [0.15, 0.2) is 0 Å². The first-order valence-electron chi connectivity index (χ1n) is 5.20. The van der Waals surface area contributed by atoms with Gasteiger partial charge < -0.3 is 5.32 Å². The molecular formula is C12H11N3O2. The Morgan fingerprint density at radius 1 is 1.59 bits per heavy atom. The summed E-state index contributed by atoms with van der Waals surface area (Å²) in [5, 5.41) is 11.5. The maximum Gasteiger partial charge on any atom is 0.247 e. The van der Waals surface area contributed by atoms with Crippen molar-refractivity contribution in [3.05, 3.63) is 23.8 Å². The average Bonchev–Trinajstić information content (AvgIpc) is 2.64. The zero-order valence-corrected chi connectivity index (χ0v) is 9.36. The quantitative estimate of drug-likeness (QED) is 0.822. The summed E-state index contributed by atoms with van der Waals surface area (Å²) >= 11 is 0. The molecule has 0 aliphatic carbocycles. The first kappa shape index (κ1) is 11.1. The summed E-state index contributed by atoms with van der Waals surface area (Å²) in [5.41, 5.74) is 2.30. The minimum Gasteiger partial charge on any atom is -0.388 e. The normalized spacial score (nSPS) is 13.2. The topological polar surface area (TPSA) is 73.2 Å². The predicted octanol–water partition coefficient (Wildman–Crippen LogP) is 1.06. The summed E-state index contributed by atoms with van der Waals surface area (Å²) in [5.74, 6) is -0.734. The molecule has 0 spiro atoms. The van der Waals surface area contributed by atoms with E-state index in [0.29, 0.717) is 5.69 Å². The number of benzene rings is 1. The maximum absolute atomic E-state index is 11.7. The molecule has 1 aromatic rings. The Balaban J connectivity index is 2.38. The molecule has 1 aromatic carbocycles. The zero-order chi connectivity index (χ0) is 12.4. The largest absolute Gasteiger partial charge is 0.388 e. The predicted molar refractivity (Wildman–Crippen MR) is 62.4 cm³/mol. The number of carbonyl (C=O) groups is 2. The first-order valence-corrected chi connectivity index (χ1v) is 5.20. The number of amides is 2. The molecule has 0 bridgehead atoms. The molecule has 1 aliphatic heterocycles. The Bertz CT molecular complexity index is 531. The van der Waals surface area contributed by atoms with E-state index < -0.39 is 5.91 Å². The van der Waals surface area contributed by atoms with Crippen LogP contribution in [0.15, 0.2) is 18.2 Å². The third-order valence-corrected chi connectivity index (χ3v) is 2.68. The summed E-state index contributed by atoms with van der Waals surface area (Å²) in [6.07, 6.45) is -0.0685. The summed E-state index contributed by atoms with van der Waals surface area (Å²) < 4.78 is 0. The van der Waals surface area contributed by atoms with Crippen molar-refractivity contribution in [1.29, 1.82) is 5.26 Å². The average molecular weight is 229 g/mol. The lowest BCUT2D eigenvalue weighted by atomic mass is 10.1. The second kappa shape index (κ2) is 4.26. The number of carbonyl (C=O) groups excluding carboxylic acids is 2. The van der Waals surface area contributed by atoms with Gasteiger partial charge in [-0.1, -0.05) is 0 Å². The number of nitriles is 1. The molecule has 1 heterocycles. The summed E-state index contributed by atoms with van der Waals surface area (Å²) in [6, 6.07) is 7.12. The Hall–Kier alpha value is -2.35. The smallest absolute Gasteiger partial charge is 0.247 e. The molecule has 2 rings (SSSR count). The standard InChI is InChI=1S/C12H11N3O2/c1-14-9-2-3-10-8(6-9)7-12(17)15(10)11(16)4-5-13/h2-3,6,14H,4,7H2,1H3. The van der Waals surface area contributed by atoms with Crippen molar-refractivity contribution in [3.8, 4) is 6.07 Å². The molecule has 0 unspecified atom stereocenters. The molecule has 1 N–H and O–H groups in total. The summed E-state index contributed by atoms with van der Waals surface area (Å²) in [4.78, 5) is 24.5. The highest BCUT2D eigenvalue weighted by molar-refractivity contribution is 6.19. The van der Waals surface area contributed by atoms with Crippen LogP contribution in [0.2, 0.25) is 0 Å². The van der Waals surface area contributed by atoms with E-state index in [4.69, 9.17) is 5.26 Å². The molecule has 17 heavy (non-hydrogen) atoms. The van der Waals surface area contributed by atoms with Gasteiger partial charge in [-0.3, -0.25) is 9.59 Å².